The highest BCUT2D eigenvalue weighted by Gasteiger charge is 2.23. The molecule has 0 radical (unpaired) electrons. The molecule has 1 fully saturated rings. The maximum absolute atomic E-state index is 13.8. The molecule has 1 aliphatic rings. The van der Waals surface area contributed by atoms with Gasteiger partial charge in [0.05, 0.1) is 17.4 Å². The SMILES string of the molecule is O=C(NCCc1ccc(Cl)cc1)c1ccc(Cn2c(=O)c3ccccc3n(CC(=O)N3CCN(c4ccccc4)CC3)c2=O)cc1. The molecule has 0 unspecified atom stereocenters. The number of benzene rings is 4. The number of piperazine rings is 1. The van der Waals surface area contributed by atoms with Gasteiger partial charge in [-0.05, 0) is 66.1 Å². The van der Waals surface area contributed by atoms with Crippen LogP contribution >= 0.6 is 11.6 Å². The van der Waals surface area contributed by atoms with Crippen molar-refractivity contribution >= 4 is 40.0 Å². The van der Waals surface area contributed by atoms with Gasteiger partial charge >= 0.3 is 5.69 Å². The maximum atomic E-state index is 13.8. The third-order valence-electron chi connectivity index (χ3n) is 8.35. The Morgan fingerprint density at radius 2 is 1.37 bits per heavy atom. The average Bonchev–Trinajstić information content (AvgIpc) is 3.10. The van der Waals surface area contributed by atoms with Crippen LogP contribution in [0.4, 0.5) is 5.69 Å². The number of fused-ring (bicyclic) bond motifs is 1. The Labute approximate surface area is 271 Å². The van der Waals surface area contributed by atoms with Crippen LogP contribution in [0.1, 0.15) is 21.5 Å². The van der Waals surface area contributed by atoms with Crippen molar-refractivity contribution < 1.29 is 9.59 Å². The molecule has 10 heteroatoms. The molecule has 2 heterocycles. The fraction of sp³-hybridized carbons (Fsp3) is 0.222. The van der Waals surface area contributed by atoms with Crippen molar-refractivity contribution in [3.05, 3.63) is 146 Å². The molecule has 1 aliphatic heterocycles. The van der Waals surface area contributed by atoms with Crippen molar-refractivity contribution in [2.24, 2.45) is 0 Å². The number of hydrogen-bond donors (Lipinski definition) is 1. The van der Waals surface area contributed by atoms with Crippen LogP contribution in [0.3, 0.4) is 0 Å². The van der Waals surface area contributed by atoms with Gasteiger partial charge in [0.25, 0.3) is 11.5 Å². The molecular formula is C36H34ClN5O4. The van der Waals surface area contributed by atoms with E-state index in [1.807, 2.05) is 42.5 Å². The first-order valence-electron chi connectivity index (χ1n) is 15.3. The Hall–Kier alpha value is -5.15. The summed E-state index contributed by atoms with van der Waals surface area (Å²) in [6.45, 7) is 2.78. The Kier molecular flexibility index (Phi) is 9.30. The Balaban J connectivity index is 1.15. The molecule has 6 rings (SSSR count). The van der Waals surface area contributed by atoms with E-state index < -0.39 is 11.2 Å². The van der Waals surface area contributed by atoms with E-state index in [0.29, 0.717) is 66.2 Å². The minimum atomic E-state index is -0.552. The van der Waals surface area contributed by atoms with Crippen LogP contribution in [-0.2, 0) is 24.3 Å². The van der Waals surface area contributed by atoms with Crippen LogP contribution in [0.5, 0.6) is 0 Å². The molecule has 2 amide bonds. The van der Waals surface area contributed by atoms with E-state index >= 15 is 0 Å². The third kappa shape index (κ3) is 6.89. The molecular weight excluding hydrogens is 602 g/mol. The van der Waals surface area contributed by atoms with Gasteiger partial charge in [0.2, 0.25) is 5.91 Å². The van der Waals surface area contributed by atoms with Crippen molar-refractivity contribution in [2.75, 3.05) is 37.6 Å². The molecule has 0 bridgehead atoms. The molecule has 234 valence electrons. The van der Waals surface area contributed by atoms with Crippen molar-refractivity contribution in [2.45, 2.75) is 19.5 Å². The number of rotatable bonds is 9. The molecule has 0 spiro atoms. The highest BCUT2D eigenvalue weighted by Crippen LogP contribution is 2.16. The van der Waals surface area contributed by atoms with Gasteiger partial charge in [-0.15, -0.1) is 0 Å². The first-order valence-corrected chi connectivity index (χ1v) is 15.7. The van der Waals surface area contributed by atoms with Gasteiger partial charge < -0.3 is 15.1 Å². The van der Waals surface area contributed by atoms with Gasteiger partial charge in [-0.2, -0.15) is 0 Å². The highest BCUT2D eigenvalue weighted by atomic mass is 35.5. The number of aromatic nitrogens is 2. The summed E-state index contributed by atoms with van der Waals surface area (Å²) in [5, 5.41) is 3.94. The quantitative estimate of drug-likeness (QED) is 0.262. The minimum absolute atomic E-state index is 0.00487. The number of halogens is 1. The standard InChI is InChI=1S/C36H34ClN5O4/c37-29-16-12-26(13-17-29)18-19-38-34(44)28-14-10-27(11-15-28)24-42-35(45)31-8-4-5-9-32(31)41(36(42)46)25-33(43)40-22-20-39(21-23-40)30-6-2-1-3-7-30/h1-17H,18-25H2,(H,38,44). The average molecular weight is 636 g/mol. The molecule has 5 aromatic rings. The molecule has 4 aromatic carbocycles. The molecule has 0 saturated carbocycles. The number of nitrogens with one attached hydrogen (secondary N) is 1. The van der Waals surface area contributed by atoms with Crippen LogP contribution in [0.25, 0.3) is 10.9 Å². The Morgan fingerprint density at radius 1 is 0.717 bits per heavy atom. The van der Waals surface area contributed by atoms with Gasteiger partial charge in [-0.3, -0.25) is 23.5 Å². The zero-order valence-corrected chi connectivity index (χ0v) is 26.0. The Bertz CT molecular complexity index is 1960. The molecule has 0 atom stereocenters. The lowest BCUT2D eigenvalue weighted by molar-refractivity contribution is -0.132. The summed E-state index contributed by atoms with van der Waals surface area (Å²) in [6, 6.07) is 31.3. The van der Waals surface area contributed by atoms with Crippen molar-refractivity contribution in [1.82, 2.24) is 19.4 Å². The number of nitrogens with zero attached hydrogens (tertiary/aromatic N) is 4. The predicted molar refractivity (Wildman–Crippen MR) is 181 cm³/mol. The number of carbonyl (C=O) groups excluding carboxylic acids is 2. The van der Waals surface area contributed by atoms with Crippen LogP contribution in [0.15, 0.2) is 113 Å². The second-order valence-corrected chi connectivity index (χ2v) is 11.7. The van der Waals surface area contributed by atoms with E-state index in [1.54, 1.807) is 53.4 Å². The highest BCUT2D eigenvalue weighted by molar-refractivity contribution is 6.30. The summed E-state index contributed by atoms with van der Waals surface area (Å²) in [6.07, 6.45) is 0.671. The second kappa shape index (κ2) is 13.9. The zero-order valence-electron chi connectivity index (χ0n) is 25.3. The Morgan fingerprint density at radius 3 is 2.09 bits per heavy atom. The van der Waals surface area contributed by atoms with Crippen molar-refractivity contribution in [3.63, 3.8) is 0 Å². The number of hydrogen-bond acceptors (Lipinski definition) is 5. The largest absolute Gasteiger partial charge is 0.368 e. The van der Waals surface area contributed by atoms with Gasteiger partial charge in [-0.1, -0.05) is 66.2 Å². The minimum Gasteiger partial charge on any atom is -0.368 e. The van der Waals surface area contributed by atoms with E-state index in [4.69, 9.17) is 11.6 Å². The van der Waals surface area contributed by atoms with E-state index in [1.165, 1.54) is 4.57 Å². The number of anilines is 1. The first kappa shape index (κ1) is 30.9. The lowest BCUT2D eigenvalue weighted by Gasteiger charge is -2.36. The van der Waals surface area contributed by atoms with Gasteiger partial charge in [0, 0.05) is 49.0 Å². The molecule has 46 heavy (non-hydrogen) atoms. The van der Waals surface area contributed by atoms with Crippen LogP contribution in [0, 0.1) is 0 Å². The van der Waals surface area contributed by atoms with E-state index in [9.17, 15) is 19.2 Å². The fourth-order valence-electron chi connectivity index (χ4n) is 5.77. The summed E-state index contributed by atoms with van der Waals surface area (Å²) in [4.78, 5) is 57.4. The smallest absolute Gasteiger partial charge is 0.332 e. The van der Waals surface area contributed by atoms with E-state index in [-0.39, 0.29) is 24.9 Å². The fourth-order valence-corrected chi connectivity index (χ4v) is 5.89. The summed E-state index contributed by atoms with van der Waals surface area (Å²) in [5.41, 5.74) is 2.79. The predicted octanol–water partition coefficient (Wildman–Crippen LogP) is 4.19. The van der Waals surface area contributed by atoms with Crippen LogP contribution in [-0.4, -0.2) is 58.6 Å². The van der Waals surface area contributed by atoms with Crippen molar-refractivity contribution in [3.8, 4) is 0 Å². The first-order chi connectivity index (χ1) is 22.4. The summed E-state index contributed by atoms with van der Waals surface area (Å²) >= 11 is 5.94. The van der Waals surface area contributed by atoms with Gasteiger partial charge in [0.15, 0.2) is 0 Å². The maximum Gasteiger partial charge on any atom is 0.332 e. The van der Waals surface area contributed by atoms with Gasteiger partial charge in [-0.25, -0.2) is 4.79 Å². The van der Waals surface area contributed by atoms with Gasteiger partial charge in [0.1, 0.15) is 6.54 Å². The van der Waals surface area contributed by atoms with E-state index in [0.717, 1.165) is 15.8 Å². The van der Waals surface area contributed by atoms with Crippen LogP contribution < -0.4 is 21.5 Å². The monoisotopic (exact) mass is 635 g/mol. The summed E-state index contributed by atoms with van der Waals surface area (Å²) < 4.78 is 2.55. The lowest BCUT2D eigenvalue weighted by atomic mass is 10.1. The van der Waals surface area contributed by atoms with Crippen molar-refractivity contribution in [1.29, 1.82) is 0 Å². The summed E-state index contributed by atoms with van der Waals surface area (Å²) in [7, 11) is 0. The topological polar surface area (TPSA) is 96.6 Å². The number of para-hydroxylation sites is 2. The lowest BCUT2D eigenvalue weighted by Crippen LogP contribution is -2.50. The van der Waals surface area contributed by atoms with Crippen LogP contribution in [0.2, 0.25) is 5.02 Å². The summed E-state index contributed by atoms with van der Waals surface area (Å²) in [5.74, 6) is -0.384. The third-order valence-corrected chi connectivity index (χ3v) is 8.60. The molecule has 1 saturated heterocycles. The molecule has 9 nitrogen and oxygen atoms in total. The second-order valence-electron chi connectivity index (χ2n) is 11.3. The normalized spacial score (nSPS) is 13.2. The molecule has 1 N–H and O–H groups in total. The zero-order chi connectivity index (χ0) is 32.0. The van der Waals surface area contributed by atoms with E-state index in [2.05, 4.69) is 22.3 Å². The number of carbonyl (C=O) groups is 2. The molecule has 1 aromatic heterocycles. The number of amides is 2. The molecule has 0 aliphatic carbocycles.